The van der Waals surface area contributed by atoms with Gasteiger partial charge in [-0.1, -0.05) is 25.4 Å². The topological polar surface area (TPSA) is 76.2 Å². The Kier molecular flexibility index (Phi) is 8.52. The maximum atomic E-state index is 12.8. The van der Waals surface area contributed by atoms with E-state index in [1.165, 1.54) is 27.4 Å². The molecule has 1 amide bonds. The Morgan fingerprint density at radius 1 is 1.03 bits per heavy atom. The van der Waals surface area contributed by atoms with Crippen molar-refractivity contribution in [2.75, 3.05) is 40.4 Å². The van der Waals surface area contributed by atoms with Gasteiger partial charge in [0, 0.05) is 25.7 Å². The van der Waals surface area contributed by atoms with Crippen molar-refractivity contribution in [3.05, 3.63) is 53.1 Å². The van der Waals surface area contributed by atoms with Crippen LogP contribution in [-0.4, -0.2) is 63.9 Å². The first-order valence-electron chi connectivity index (χ1n) is 9.56. The van der Waals surface area contributed by atoms with E-state index in [1.807, 2.05) is 0 Å². The Morgan fingerprint density at radius 2 is 1.63 bits per heavy atom. The van der Waals surface area contributed by atoms with Crippen LogP contribution in [0.1, 0.15) is 24.2 Å². The molecule has 0 N–H and O–H groups in total. The zero-order valence-corrected chi connectivity index (χ0v) is 19.2. The molecule has 0 saturated carbocycles. The monoisotopic (exact) mass is 454 g/mol. The van der Waals surface area contributed by atoms with Crippen molar-refractivity contribution >= 4 is 27.5 Å². The van der Waals surface area contributed by atoms with Gasteiger partial charge in [-0.05, 0) is 42.5 Å². The number of halogens is 1. The Bertz CT molecular complexity index is 960. The van der Waals surface area contributed by atoms with E-state index in [1.54, 1.807) is 52.3 Å². The summed E-state index contributed by atoms with van der Waals surface area (Å²) in [5, 5.41) is 0.0870. The van der Waals surface area contributed by atoms with Crippen LogP contribution in [0.4, 0.5) is 0 Å². The molecule has 7 nitrogen and oxygen atoms in total. The van der Waals surface area contributed by atoms with Crippen LogP contribution < -0.4 is 9.47 Å². The number of rotatable bonds is 10. The third-order valence-corrected chi connectivity index (χ3v) is 7.13. The van der Waals surface area contributed by atoms with E-state index in [2.05, 4.69) is 0 Å². The van der Waals surface area contributed by atoms with Gasteiger partial charge in [-0.25, -0.2) is 8.42 Å². The largest absolute Gasteiger partial charge is 0.497 e. The lowest BCUT2D eigenvalue weighted by Crippen LogP contribution is -2.32. The number of sulfonamides is 1. The average Bonchev–Trinajstić information content (AvgIpc) is 2.74. The third-order valence-electron chi connectivity index (χ3n) is 4.60. The van der Waals surface area contributed by atoms with Gasteiger partial charge in [0.15, 0.2) is 0 Å². The number of amides is 1. The zero-order chi connectivity index (χ0) is 22.3. The second-order valence-corrected chi connectivity index (χ2v) is 8.80. The van der Waals surface area contributed by atoms with Crippen LogP contribution in [-0.2, 0) is 10.0 Å². The molecule has 2 aromatic carbocycles. The van der Waals surface area contributed by atoms with Gasteiger partial charge in [-0.3, -0.25) is 4.79 Å². The van der Waals surface area contributed by atoms with Gasteiger partial charge >= 0.3 is 0 Å². The van der Waals surface area contributed by atoms with Crippen LogP contribution in [0.15, 0.2) is 47.4 Å². The summed E-state index contributed by atoms with van der Waals surface area (Å²) in [4.78, 5) is 14.2. The fraction of sp³-hybridized carbons (Fsp3) is 0.381. The molecule has 0 aliphatic carbocycles. The summed E-state index contributed by atoms with van der Waals surface area (Å²) in [5.41, 5.74) is 0.247. The van der Waals surface area contributed by atoms with Crippen molar-refractivity contribution in [1.29, 1.82) is 0 Å². The highest BCUT2D eigenvalue weighted by Gasteiger charge is 2.26. The zero-order valence-electron chi connectivity index (χ0n) is 17.6. The molecule has 0 unspecified atom stereocenters. The molecule has 0 aliphatic rings. The standard InChI is InChI=1S/C21H27ClN2O5S/c1-5-24(6-2)30(26,27)20-15-16(7-12-19(20)22)21(25)23(3)13-14-29-18-10-8-17(28-4)9-11-18/h7-12,15H,5-6,13-14H2,1-4H3. The lowest BCUT2D eigenvalue weighted by atomic mass is 10.2. The molecule has 0 aliphatic heterocycles. The van der Waals surface area contributed by atoms with Crippen LogP contribution in [0.5, 0.6) is 11.5 Å². The predicted octanol–water partition coefficient (Wildman–Crippen LogP) is 3.53. The van der Waals surface area contributed by atoms with Crippen molar-refractivity contribution in [2.24, 2.45) is 0 Å². The molecule has 0 aromatic heterocycles. The highest BCUT2D eigenvalue weighted by molar-refractivity contribution is 7.89. The van der Waals surface area contributed by atoms with Crippen LogP contribution >= 0.6 is 11.6 Å². The molecule has 0 atom stereocenters. The molecular weight excluding hydrogens is 428 g/mol. The van der Waals surface area contributed by atoms with Crippen LogP contribution in [0.3, 0.4) is 0 Å². The van der Waals surface area contributed by atoms with Gasteiger partial charge in [-0.2, -0.15) is 4.31 Å². The number of methoxy groups -OCH3 is 1. The van der Waals surface area contributed by atoms with Crippen molar-refractivity contribution in [3.8, 4) is 11.5 Å². The predicted molar refractivity (Wildman–Crippen MR) is 117 cm³/mol. The minimum atomic E-state index is -3.78. The first-order chi connectivity index (χ1) is 14.2. The second-order valence-electron chi connectivity index (χ2n) is 6.49. The number of likely N-dealkylation sites (N-methyl/N-ethyl adjacent to an activating group) is 1. The van der Waals surface area contributed by atoms with Crippen LogP contribution in [0, 0.1) is 0 Å². The average molecular weight is 455 g/mol. The molecule has 0 saturated heterocycles. The van der Waals surface area contributed by atoms with Crippen molar-refractivity contribution < 1.29 is 22.7 Å². The Labute approximate surface area is 183 Å². The summed E-state index contributed by atoms with van der Waals surface area (Å²) in [6, 6.07) is 11.4. The summed E-state index contributed by atoms with van der Waals surface area (Å²) in [6.07, 6.45) is 0. The highest BCUT2D eigenvalue weighted by Crippen LogP contribution is 2.26. The van der Waals surface area contributed by atoms with E-state index in [0.29, 0.717) is 25.4 Å². The quantitative estimate of drug-likeness (QED) is 0.549. The van der Waals surface area contributed by atoms with E-state index in [0.717, 1.165) is 5.75 Å². The van der Waals surface area contributed by atoms with Gasteiger partial charge in [0.25, 0.3) is 5.91 Å². The first-order valence-corrected chi connectivity index (χ1v) is 11.4. The van der Waals surface area contributed by atoms with Crippen LogP contribution in [0.25, 0.3) is 0 Å². The van der Waals surface area contributed by atoms with Crippen molar-refractivity contribution in [2.45, 2.75) is 18.7 Å². The molecule has 0 bridgehead atoms. The molecular formula is C21H27ClN2O5S. The maximum absolute atomic E-state index is 12.8. The van der Waals surface area contributed by atoms with E-state index >= 15 is 0 Å². The molecule has 0 heterocycles. The fourth-order valence-electron chi connectivity index (χ4n) is 2.83. The summed E-state index contributed by atoms with van der Waals surface area (Å²) < 4.78 is 37.7. The molecule has 2 rings (SSSR count). The Hall–Kier alpha value is -2.29. The minimum absolute atomic E-state index is 0.0680. The lowest BCUT2D eigenvalue weighted by Gasteiger charge is -2.21. The number of hydrogen-bond donors (Lipinski definition) is 0. The smallest absolute Gasteiger partial charge is 0.253 e. The molecule has 2 aromatic rings. The molecule has 30 heavy (non-hydrogen) atoms. The number of hydrogen-bond acceptors (Lipinski definition) is 5. The number of carbonyl (C=O) groups is 1. The SMILES string of the molecule is CCN(CC)S(=O)(=O)c1cc(C(=O)N(C)CCOc2ccc(OC)cc2)ccc1Cl. The number of carbonyl (C=O) groups excluding carboxylic acids is 1. The second kappa shape index (κ2) is 10.7. The maximum Gasteiger partial charge on any atom is 0.253 e. The number of nitrogens with zero attached hydrogens (tertiary/aromatic N) is 2. The Balaban J connectivity index is 2.08. The van der Waals surface area contributed by atoms with E-state index < -0.39 is 10.0 Å². The molecule has 164 valence electrons. The third kappa shape index (κ3) is 5.65. The normalized spacial score (nSPS) is 11.4. The van der Waals surface area contributed by atoms with Crippen LogP contribution in [0.2, 0.25) is 5.02 Å². The van der Waals surface area contributed by atoms with Crippen molar-refractivity contribution in [3.63, 3.8) is 0 Å². The van der Waals surface area contributed by atoms with Crippen molar-refractivity contribution in [1.82, 2.24) is 9.21 Å². The number of ether oxygens (including phenoxy) is 2. The summed E-state index contributed by atoms with van der Waals surface area (Å²) in [6.45, 7) is 4.74. The molecule has 0 spiro atoms. The summed E-state index contributed by atoms with van der Waals surface area (Å²) >= 11 is 6.14. The van der Waals surface area contributed by atoms with Gasteiger partial charge in [0.2, 0.25) is 10.0 Å². The molecule has 9 heteroatoms. The van der Waals surface area contributed by atoms with Gasteiger partial charge < -0.3 is 14.4 Å². The molecule has 0 radical (unpaired) electrons. The van der Waals surface area contributed by atoms with E-state index in [4.69, 9.17) is 21.1 Å². The minimum Gasteiger partial charge on any atom is -0.497 e. The molecule has 0 fully saturated rings. The first kappa shape index (κ1) is 24.0. The van der Waals surface area contributed by atoms with E-state index in [-0.39, 0.29) is 28.0 Å². The highest BCUT2D eigenvalue weighted by atomic mass is 35.5. The van der Waals surface area contributed by atoms with Gasteiger partial charge in [0.05, 0.1) is 18.7 Å². The van der Waals surface area contributed by atoms with E-state index in [9.17, 15) is 13.2 Å². The fourth-order valence-corrected chi connectivity index (χ4v) is 4.79. The van der Waals surface area contributed by atoms with Gasteiger partial charge in [0.1, 0.15) is 23.0 Å². The lowest BCUT2D eigenvalue weighted by molar-refractivity contribution is 0.0773. The van der Waals surface area contributed by atoms with Gasteiger partial charge in [-0.15, -0.1) is 0 Å². The number of benzene rings is 2. The summed E-state index contributed by atoms with van der Waals surface area (Å²) in [5.74, 6) is 1.07. The Morgan fingerprint density at radius 3 is 2.20 bits per heavy atom. The summed E-state index contributed by atoms with van der Waals surface area (Å²) in [7, 11) is -0.556.